The Balaban J connectivity index is 2.07. The second kappa shape index (κ2) is 8.26. The maximum absolute atomic E-state index is 13.2. The average molecular weight is 388 g/mol. The Morgan fingerprint density at radius 3 is 2.50 bits per heavy atom. The van der Waals surface area contributed by atoms with E-state index in [1.54, 1.807) is 36.4 Å². The van der Waals surface area contributed by atoms with Crippen molar-refractivity contribution >= 4 is 17.7 Å². The van der Waals surface area contributed by atoms with Gasteiger partial charge in [-0.25, -0.2) is 4.79 Å². The summed E-state index contributed by atoms with van der Waals surface area (Å²) in [7, 11) is 0. The lowest BCUT2D eigenvalue weighted by Gasteiger charge is -2.26. The second-order valence-electron chi connectivity index (χ2n) is 6.31. The number of amides is 1. The molecule has 3 N–H and O–H groups in total. The minimum Gasteiger partial charge on any atom is -0.479 e. The van der Waals surface area contributed by atoms with Crippen LogP contribution in [-0.4, -0.2) is 52.0 Å². The predicted molar refractivity (Wildman–Crippen MR) is 96.5 cm³/mol. The number of hydroxylamine groups is 2. The fourth-order valence-electron chi connectivity index (χ4n) is 3.02. The van der Waals surface area contributed by atoms with Gasteiger partial charge in [-0.05, 0) is 24.6 Å². The van der Waals surface area contributed by atoms with Crippen molar-refractivity contribution in [1.29, 1.82) is 0 Å². The van der Waals surface area contributed by atoms with Gasteiger partial charge in [0.2, 0.25) is 6.10 Å². The van der Waals surface area contributed by atoms with Gasteiger partial charge in [-0.3, -0.25) is 15.2 Å². The third-order valence-electron chi connectivity index (χ3n) is 4.35. The number of carbonyl (C=O) groups excluding carboxylic acids is 1. The molecule has 1 aliphatic heterocycles. The highest BCUT2D eigenvalue weighted by Crippen LogP contribution is 2.38. The van der Waals surface area contributed by atoms with Gasteiger partial charge in [-0.15, -0.1) is 0 Å². The molecule has 0 fully saturated rings. The molecule has 2 aromatic carbocycles. The third kappa shape index (κ3) is 4.22. The van der Waals surface area contributed by atoms with E-state index in [4.69, 9.17) is 25.0 Å². The summed E-state index contributed by atoms with van der Waals surface area (Å²) in [5.41, 5.74) is 1.95. The number of benzene rings is 2. The van der Waals surface area contributed by atoms with Crippen LogP contribution in [0.1, 0.15) is 17.2 Å². The van der Waals surface area contributed by atoms with Crippen LogP contribution >= 0.6 is 0 Å². The normalized spacial score (nSPS) is 19.0. The first-order valence-electron chi connectivity index (χ1n) is 8.55. The Bertz CT molecular complexity index is 854. The summed E-state index contributed by atoms with van der Waals surface area (Å²) < 4.78 is 10.9. The van der Waals surface area contributed by atoms with Crippen LogP contribution in [0.2, 0.25) is 0 Å². The van der Waals surface area contributed by atoms with Crippen LogP contribution in [0.3, 0.4) is 0 Å². The molecule has 0 saturated heterocycles. The van der Waals surface area contributed by atoms with Gasteiger partial charge >= 0.3 is 6.16 Å². The van der Waals surface area contributed by atoms with E-state index in [0.717, 1.165) is 5.56 Å². The molecule has 0 bridgehead atoms. The standard InChI is InChI=1S/C19H20N2O7/c1-12-6-8-13(9-7-12)16-17(28-19(23)24)18(22)20(10-11-21(25)26)14-4-2-3-5-15(14)27-16/h2-9,16-17,25-26H,10-11H2,1H3,(H,23,24). The Hall–Kier alpha value is -3.14. The van der Waals surface area contributed by atoms with E-state index in [9.17, 15) is 9.59 Å². The molecule has 148 valence electrons. The number of hydrogen-bond donors (Lipinski definition) is 3. The maximum Gasteiger partial charge on any atom is 0.506 e. The van der Waals surface area contributed by atoms with E-state index < -0.39 is 24.3 Å². The molecule has 9 nitrogen and oxygen atoms in total. The van der Waals surface area contributed by atoms with Crippen molar-refractivity contribution in [1.82, 2.24) is 5.23 Å². The largest absolute Gasteiger partial charge is 0.506 e. The monoisotopic (exact) mass is 388 g/mol. The number of para-hydroxylation sites is 2. The zero-order valence-corrected chi connectivity index (χ0v) is 15.1. The van der Waals surface area contributed by atoms with E-state index >= 15 is 0 Å². The van der Waals surface area contributed by atoms with Gasteiger partial charge in [0, 0.05) is 6.54 Å². The van der Waals surface area contributed by atoms with Crippen LogP contribution in [0.4, 0.5) is 10.5 Å². The summed E-state index contributed by atoms with van der Waals surface area (Å²) in [6, 6.07) is 13.8. The molecule has 1 heterocycles. The second-order valence-corrected chi connectivity index (χ2v) is 6.31. The summed E-state index contributed by atoms with van der Waals surface area (Å²) in [6.07, 6.45) is -4.09. The molecule has 2 aromatic rings. The fraction of sp³-hybridized carbons (Fsp3) is 0.263. The lowest BCUT2D eigenvalue weighted by molar-refractivity contribution is -0.304. The molecule has 0 aromatic heterocycles. The number of anilines is 1. The molecule has 9 heteroatoms. The van der Waals surface area contributed by atoms with Crippen LogP contribution in [0, 0.1) is 6.92 Å². The van der Waals surface area contributed by atoms with Crippen molar-refractivity contribution in [3.63, 3.8) is 0 Å². The van der Waals surface area contributed by atoms with Crippen LogP contribution < -0.4 is 9.64 Å². The molecule has 2 atom stereocenters. The summed E-state index contributed by atoms with van der Waals surface area (Å²) in [6.45, 7) is 1.50. The fourth-order valence-corrected chi connectivity index (χ4v) is 3.02. The van der Waals surface area contributed by atoms with E-state index in [-0.39, 0.29) is 18.3 Å². The quantitative estimate of drug-likeness (QED) is 0.528. The van der Waals surface area contributed by atoms with Gasteiger partial charge in [-0.1, -0.05) is 47.2 Å². The third-order valence-corrected chi connectivity index (χ3v) is 4.35. The lowest BCUT2D eigenvalue weighted by Crippen LogP contribution is -2.46. The Kier molecular flexibility index (Phi) is 5.78. The zero-order chi connectivity index (χ0) is 20.3. The van der Waals surface area contributed by atoms with E-state index in [0.29, 0.717) is 17.0 Å². The van der Waals surface area contributed by atoms with Gasteiger partial charge in [0.1, 0.15) is 5.75 Å². The Morgan fingerprint density at radius 1 is 1.18 bits per heavy atom. The Labute approximate surface area is 160 Å². The molecule has 3 rings (SSSR count). The van der Waals surface area contributed by atoms with Gasteiger partial charge < -0.3 is 19.5 Å². The van der Waals surface area contributed by atoms with Gasteiger partial charge in [0.25, 0.3) is 5.91 Å². The first-order valence-corrected chi connectivity index (χ1v) is 8.55. The molecular formula is C19H20N2O7. The molecule has 0 radical (unpaired) electrons. The highest BCUT2D eigenvalue weighted by atomic mass is 16.8. The number of carboxylic acid groups (broad SMARTS) is 1. The summed E-state index contributed by atoms with van der Waals surface area (Å²) in [4.78, 5) is 25.7. The number of aryl methyl sites for hydroxylation is 1. The van der Waals surface area contributed by atoms with E-state index in [1.165, 1.54) is 4.90 Å². The smallest absolute Gasteiger partial charge is 0.479 e. The average Bonchev–Trinajstić information content (AvgIpc) is 2.76. The molecule has 1 amide bonds. The van der Waals surface area contributed by atoms with Gasteiger partial charge in [0.05, 0.1) is 12.2 Å². The molecule has 1 aliphatic rings. The summed E-state index contributed by atoms with van der Waals surface area (Å²) >= 11 is 0. The topological polar surface area (TPSA) is 120 Å². The van der Waals surface area contributed by atoms with Crippen molar-refractivity contribution in [2.75, 3.05) is 18.0 Å². The Morgan fingerprint density at radius 2 is 1.86 bits per heavy atom. The number of hydrogen-bond acceptors (Lipinski definition) is 7. The number of rotatable bonds is 5. The van der Waals surface area contributed by atoms with Crippen molar-refractivity contribution in [2.45, 2.75) is 19.1 Å². The molecular weight excluding hydrogens is 368 g/mol. The predicted octanol–water partition coefficient (Wildman–Crippen LogP) is 2.61. The minimum atomic E-state index is -1.61. The number of carbonyl (C=O) groups is 2. The van der Waals surface area contributed by atoms with Gasteiger partial charge in [0.15, 0.2) is 6.10 Å². The SMILES string of the molecule is Cc1ccc(C2Oc3ccccc3N(CCN(O)O)C(=O)C2OC(=O)O)cc1. The van der Waals surface area contributed by atoms with Gasteiger partial charge in [-0.2, -0.15) is 0 Å². The zero-order valence-electron chi connectivity index (χ0n) is 15.1. The van der Waals surface area contributed by atoms with Crippen molar-refractivity contribution in [3.8, 4) is 5.75 Å². The summed E-state index contributed by atoms with van der Waals surface area (Å²) in [5, 5.41) is 27.2. The first-order chi connectivity index (χ1) is 13.4. The highest BCUT2D eigenvalue weighted by Gasteiger charge is 2.42. The summed E-state index contributed by atoms with van der Waals surface area (Å²) in [5.74, 6) is -0.319. The van der Waals surface area contributed by atoms with Crippen LogP contribution in [-0.2, 0) is 9.53 Å². The van der Waals surface area contributed by atoms with Crippen molar-refractivity contribution in [3.05, 3.63) is 59.7 Å². The maximum atomic E-state index is 13.2. The van der Waals surface area contributed by atoms with Crippen molar-refractivity contribution < 1.29 is 34.6 Å². The first kappa shape index (κ1) is 19.6. The van der Waals surface area contributed by atoms with Crippen LogP contribution in [0.25, 0.3) is 0 Å². The van der Waals surface area contributed by atoms with E-state index in [2.05, 4.69) is 0 Å². The lowest BCUT2D eigenvalue weighted by atomic mass is 10.0. The molecule has 0 saturated carbocycles. The molecule has 0 aliphatic carbocycles. The highest BCUT2D eigenvalue weighted by molar-refractivity contribution is 5.99. The minimum absolute atomic E-state index is 0.0494. The number of ether oxygens (including phenoxy) is 2. The van der Waals surface area contributed by atoms with Crippen molar-refractivity contribution in [2.24, 2.45) is 0 Å². The van der Waals surface area contributed by atoms with Crippen LogP contribution in [0.15, 0.2) is 48.5 Å². The molecule has 28 heavy (non-hydrogen) atoms. The van der Waals surface area contributed by atoms with Crippen LogP contribution in [0.5, 0.6) is 5.75 Å². The molecule has 2 unspecified atom stereocenters. The number of nitrogens with zero attached hydrogens (tertiary/aromatic N) is 2. The molecule has 0 spiro atoms. The van der Waals surface area contributed by atoms with E-state index in [1.807, 2.05) is 19.1 Å². The number of fused-ring (bicyclic) bond motifs is 1.